The minimum atomic E-state index is 0.360. The lowest BCUT2D eigenvalue weighted by Gasteiger charge is -2.27. The first-order chi connectivity index (χ1) is 7.61. The van der Waals surface area contributed by atoms with E-state index in [9.17, 15) is 0 Å². The lowest BCUT2D eigenvalue weighted by Crippen LogP contribution is -2.34. The fourth-order valence-electron chi connectivity index (χ4n) is 3.57. The van der Waals surface area contributed by atoms with Gasteiger partial charge < -0.3 is 5.32 Å². The zero-order chi connectivity index (χ0) is 11.6. The lowest BCUT2D eigenvalue weighted by atomic mass is 9.87. The second-order valence-electron chi connectivity index (χ2n) is 6.67. The summed E-state index contributed by atoms with van der Waals surface area (Å²) in [5.74, 6) is 3.88. The van der Waals surface area contributed by atoms with Crippen LogP contribution in [0.15, 0.2) is 0 Å². The highest BCUT2D eigenvalue weighted by molar-refractivity contribution is 6.17. The SMILES string of the molecule is CC(C)(CCCl)CNCC1CC2CCC1C2. The number of halogens is 1. The normalized spacial score (nSPS) is 33.6. The summed E-state index contributed by atoms with van der Waals surface area (Å²) in [6.07, 6.45) is 7.14. The van der Waals surface area contributed by atoms with Crippen molar-refractivity contribution in [3.05, 3.63) is 0 Å². The van der Waals surface area contributed by atoms with Gasteiger partial charge in [0.1, 0.15) is 0 Å². The van der Waals surface area contributed by atoms with Gasteiger partial charge in [0.15, 0.2) is 0 Å². The summed E-state index contributed by atoms with van der Waals surface area (Å²) in [5.41, 5.74) is 0.360. The summed E-state index contributed by atoms with van der Waals surface area (Å²) >= 11 is 5.82. The highest BCUT2D eigenvalue weighted by Crippen LogP contribution is 2.47. The molecule has 3 unspecified atom stereocenters. The van der Waals surface area contributed by atoms with Crippen LogP contribution in [0.5, 0.6) is 0 Å². The van der Waals surface area contributed by atoms with Gasteiger partial charge in [-0.15, -0.1) is 11.6 Å². The molecule has 2 heteroatoms. The Balaban J connectivity index is 1.65. The number of rotatable bonds is 6. The second kappa shape index (κ2) is 5.27. The Morgan fingerprint density at radius 3 is 2.62 bits per heavy atom. The van der Waals surface area contributed by atoms with Crippen molar-refractivity contribution in [2.45, 2.75) is 46.0 Å². The maximum atomic E-state index is 5.82. The van der Waals surface area contributed by atoms with Crippen LogP contribution in [-0.2, 0) is 0 Å². The van der Waals surface area contributed by atoms with E-state index in [2.05, 4.69) is 19.2 Å². The Morgan fingerprint density at radius 1 is 1.25 bits per heavy atom. The minimum absolute atomic E-state index is 0.360. The van der Waals surface area contributed by atoms with Crippen molar-refractivity contribution in [1.82, 2.24) is 5.32 Å². The first kappa shape index (κ1) is 12.7. The molecule has 2 saturated carbocycles. The molecule has 0 aromatic carbocycles. The molecular weight excluding hydrogens is 218 g/mol. The Hall–Kier alpha value is 0.250. The van der Waals surface area contributed by atoms with E-state index in [1.54, 1.807) is 0 Å². The van der Waals surface area contributed by atoms with Crippen LogP contribution < -0.4 is 5.32 Å². The van der Waals surface area contributed by atoms with Gasteiger partial charge in [0.05, 0.1) is 0 Å². The van der Waals surface area contributed by atoms with E-state index >= 15 is 0 Å². The second-order valence-corrected chi connectivity index (χ2v) is 7.05. The monoisotopic (exact) mass is 243 g/mol. The predicted octanol–water partition coefficient (Wildman–Crippen LogP) is 3.67. The molecule has 0 aromatic rings. The van der Waals surface area contributed by atoms with E-state index in [-0.39, 0.29) is 0 Å². The molecule has 1 nitrogen and oxygen atoms in total. The summed E-state index contributed by atoms with van der Waals surface area (Å²) in [6, 6.07) is 0. The van der Waals surface area contributed by atoms with Crippen molar-refractivity contribution >= 4 is 11.6 Å². The molecule has 0 heterocycles. The Bertz CT molecular complexity index is 227. The van der Waals surface area contributed by atoms with E-state index in [4.69, 9.17) is 11.6 Å². The number of alkyl halides is 1. The molecule has 0 aromatic heterocycles. The summed E-state index contributed by atoms with van der Waals surface area (Å²) in [5, 5.41) is 3.68. The maximum absolute atomic E-state index is 5.82. The van der Waals surface area contributed by atoms with Gasteiger partial charge in [0.2, 0.25) is 0 Å². The van der Waals surface area contributed by atoms with Crippen molar-refractivity contribution in [1.29, 1.82) is 0 Å². The van der Waals surface area contributed by atoms with Crippen molar-refractivity contribution in [2.75, 3.05) is 19.0 Å². The average molecular weight is 244 g/mol. The van der Waals surface area contributed by atoms with E-state index in [0.717, 1.165) is 36.6 Å². The number of hydrogen-bond acceptors (Lipinski definition) is 1. The van der Waals surface area contributed by atoms with Crippen molar-refractivity contribution in [3.63, 3.8) is 0 Å². The van der Waals surface area contributed by atoms with Gasteiger partial charge in [-0.05, 0) is 55.4 Å². The van der Waals surface area contributed by atoms with Crippen LogP contribution in [0.25, 0.3) is 0 Å². The van der Waals surface area contributed by atoms with Crippen LogP contribution in [0, 0.1) is 23.2 Å². The van der Waals surface area contributed by atoms with Gasteiger partial charge in [-0.3, -0.25) is 0 Å². The standard InChI is InChI=1S/C14H26ClN/c1-14(2,5-6-15)10-16-9-13-8-11-3-4-12(13)7-11/h11-13,16H,3-10H2,1-2H3. The largest absolute Gasteiger partial charge is 0.316 e. The predicted molar refractivity (Wildman–Crippen MR) is 70.9 cm³/mol. The first-order valence-electron chi connectivity index (χ1n) is 6.87. The van der Waals surface area contributed by atoms with E-state index in [1.165, 1.54) is 32.2 Å². The molecule has 0 amide bonds. The van der Waals surface area contributed by atoms with Crippen LogP contribution >= 0.6 is 11.6 Å². The van der Waals surface area contributed by atoms with Crippen LogP contribution in [0.1, 0.15) is 46.0 Å². The van der Waals surface area contributed by atoms with Gasteiger partial charge in [-0.2, -0.15) is 0 Å². The fourth-order valence-corrected chi connectivity index (χ4v) is 4.08. The van der Waals surface area contributed by atoms with E-state index < -0.39 is 0 Å². The van der Waals surface area contributed by atoms with Crippen molar-refractivity contribution in [2.24, 2.45) is 23.2 Å². The molecule has 2 fully saturated rings. The molecule has 0 saturated heterocycles. The zero-order valence-electron chi connectivity index (χ0n) is 10.8. The molecule has 3 atom stereocenters. The van der Waals surface area contributed by atoms with Gasteiger partial charge in [0.25, 0.3) is 0 Å². The fraction of sp³-hybridized carbons (Fsp3) is 1.00. The number of nitrogens with one attached hydrogen (secondary N) is 1. The minimum Gasteiger partial charge on any atom is -0.316 e. The molecule has 0 radical (unpaired) electrons. The Labute approximate surface area is 105 Å². The molecule has 1 N–H and O–H groups in total. The number of hydrogen-bond donors (Lipinski definition) is 1. The summed E-state index contributed by atoms with van der Waals surface area (Å²) in [7, 11) is 0. The molecule has 94 valence electrons. The van der Waals surface area contributed by atoms with Crippen molar-refractivity contribution in [3.8, 4) is 0 Å². The Morgan fingerprint density at radius 2 is 2.06 bits per heavy atom. The average Bonchev–Trinajstić information content (AvgIpc) is 2.78. The molecule has 0 aliphatic heterocycles. The van der Waals surface area contributed by atoms with Gasteiger partial charge >= 0.3 is 0 Å². The smallest absolute Gasteiger partial charge is 0.0229 e. The quantitative estimate of drug-likeness (QED) is 0.702. The van der Waals surface area contributed by atoms with Crippen LogP contribution in [0.3, 0.4) is 0 Å². The molecule has 2 aliphatic carbocycles. The maximum Gasteiger partial charge on any atom is 0.0229 e. The third-order valence-electron chi connectivity index (χ3n) is 4.67. The molecule has 2 bridgehead atoms. The third kappa shape index (κ3) is 3.13. The van der Waals surface area contributed by atoms with Crippen LogP contribution in [0.2, 0.25) is 0 Å². The first-order valence-corrected chi connectivity index (χ1v) is 7.41. The van der Waals surface area contributed by atoms with Crippen LogP contribution in [0.4, 0.5) is 0 Å². The highest BCUT2D eigenvalue weighted by atomic mass is 35.5. The molecular formula is C14H26ClN. The zero-order valence-corrected chi connectivity index (χ0v) is 11.5. The van der Waals surface area contributed by atoms with Gasteiger partial charge in [-0.1, -0.05) is 20.3 Å². The van der Waals surface area contributed by atoms with E-state index in [1.807, 2.05) is 0 Å². The molecule has 2 rings (SSSR count). The third-order valence-corrected chi connectivity index (χ3v) is 4.85. The number of fused-ring (bicyclic) bond motifs is 2. The molecule has 2 aliphatic rings. The van der Waals surface area contributed by atoms with Gasteiger partial charge in [-0.25, -0.2) is 0 Å². The van der Waals surface area contributed by atoms with Crippen LogP contribution in [-0.4, -0.2) is 19.0 Å². The Kier molecular flexibility index (Phi) is 4.18. The highest BCUT2D eigenvalue weighted by Gasteiger charge is 2.39. The summed E-state index contributed by atoms with van der Waals surface area (Å²) in [6.45, 7) is 6.98. The summed E-state index contributed by atoms with van der Waals surface area (Å²) < 4.78 is 0. The topological polar surface area (TPSA) is 12.0 Å². The molecule has 0 spiro atoms. The van der Waals surface area contributed by atoms with Crippen molar-refractivity contribution < 1.29 is 0 Å². The summed E-state index contributed by atoms with van der Waals surface area (Å²) in [4.78, 5) is 0. The lowest BCUT2D eigenvalue weighted by molar-refractivity contribution is 0.279. The van der Waals surface area contributed by atoms with Gasteiger partial charge in [0, 0.05) is 12.4 Å². The van der Waals surface area contributed by atoms with E-state index in [0.29, 0.717) is 5.41 Å². The molecule has 16 heavy (non-hydrogen) atoms.